The Morgan fingerprint density at radius 2 is 1.83 bits per heavy atom. The van der Waals surface area contributed by atoms with Gasteiger partial charge in [0.25, 0.3) is 0 Å². The summed E-state index contributed by atoms with van der Waals surface area (Å²) in [5.41, 5.74) is 3.88. The second kappa shape index (κ2) is 5.96. The van der Waals surface area contributed by atoms with Gasteiger partial charge in [0, 0.05) is 5.56 Å². The van der Waals surface area contributed by atoms with E-state index in [1.165, 1.54) is 0 Å². The molecular weight excluding hydrogens is 310 g/mol. The molecule has 3 rings (SSSR count). The zero-order chi connectivity index (χ0) is 16.6. The highest BCUT2D eigenvalue weighted by Crippen LogP contribution is 2.34. The van der Waals surface area contributed by atoms with Crippen LogP contribution in [0, 0.1) is 20.8 Å². The van der Waals surface area contributed by atoms with Gasteiger partial charge in [-0.1, -0.05) is 28.9 Å². The first kappa shape index (κ1) is 16.0. The summed E-state index contributed by atoms with van der Waals surface area (Å²) in [5.74, 6) is 0.752. The zero-order valence-corrected chi connectivity index (χ0v) is 14.5. The summed E-state index contributed by atoms with van der Waals surface area (Å²) in [6, 6.07) is 7.08. The molecule has 2 aromatic rings. The second-order valence-corrected chi connectivity index (χ2v) is 8.35. The second-order valence-electron chi connectivity index (χ2n) is 6.18. The van der Waals surface area contributed by atoms with Gasteiger partial charge in [-0.3, -0.25) is 0 Å². The molecule has 0 bridgehead atoms. The maximum Gasteiger partial charge on any atom is 0.184 e. The average Bonchev–Trinajstić information content (AvgIpc) is 2.87. The van der Waals surface area contributed by atoms with Gasteiger partial charge in [-0.05, 0) is 57.7 Å². The van der Waals surface area contributed by atoms with Crippen LogP contribution in [0.1, 0.15) is 41.8 Å². The minimum Gasteiger partial charge on any atom is -0.361 e. The average molecular weight is 331 g/mol. The van der Waals surface area contributed by atoms with E-state index in [0.717, 1.165) is 41.0 Å². The van der Waals surface area contributed by atoms with Crippen molar-refractivity contribution in [2.24, 2.45) is 0 Å². The Labute approximate surface area is 137 Å². The third kappa shape index (κ3) is 2.98. The van der Waals surface area contributed by atoms with E-state index in [0.29, 0.717) is 11.3 Å². The lowest BCUT2D eigenvalue weighted by molar-refractivity contribution is 0.393. The van der Waals surface area contributed by atoms with Crippen molar-refractivity contribution in [3.05, 3.63) is 52.9 Å². The lowest BCUT2D eigenvalue weighted by atomic mass is 9.92. The fraction of sp³-hybridized carbons (Fsp3) is 0.389. The van der Waals surface area contributed by atoms with Crippen molar-refractivity contribution in [2.75, 3.05) is 0 Å². The highest BCUT2D eigenvalue weighted by Gasteiger charge is 2.29. The third-order valence-electron chi connectivity index (χ3n) is 4.42. The number of aryl methyl sites for hydroxylation is 3. The molecule has 1 aliphatic carbocycles. The first-order valence-electron chi connectivity index (χ1n) is 7.84. The summed E-state index contributed by atoms with van der Waals surface area (Å²) in [5, 5.41) is 3.50. The molecule has 122 valence electrons. The van der Waals surface area contributed by atoms with Crippen molar-refractivity contribution in [2.45, 2.75) is 50.2 Å². The van der Waals surface area contributed by atoms with Crippen LogP contribution >= 0.6 is 0 Å². The number of hydrogen-bond donors (Lipinski definition) is 0. The molecule has 5 heteroatoms. The maximum absolute atomic E-state index is 12.9. The van der Waals surface area contributed by atoms with E-state index in [2.05, 4.69) is 5.16 Å². The van der Waals surface area contributed by atoms with Crippen LogP contribution < -0.4 is 0 Å². The van der Waals surface area contributed by atoms with E-state index in [9.17, 15) is 8.42 Å². The number of nitrogens with zero attached hydrogens (tertiary/aromatic N) is 1. The van der Waals surface area contributed by atoms with E-state index in [1.807, 2.05) is 39.0 Å². The fourth-order valence-electron chi connectivity index (χ4n) is 3.18. The Kier molecular flexibility index (Phi) is 4.15. The van der Waals surface area contributed by atoms with E-state index in [4.69, 9.17) is 4.52 Å². The molecular formula is C18H21NO3S. The van der Waals surface area contributed by atoms with Crippen LogP contribution in [-0.4, -0.2) is 18.8 Å². The first-order chi connectivity index (χ1) is 10.9. The highest BCUT2D eigenvalue weighted by atomic mass is 32.2. The number of benzene rings is 1. The van der Waals surface area contributed by atoms with Gasteiger partial charge in [-0.2, -0.15) is 0 Å². The Hall–Kier alpha value is -1.88. The third-order valence-corrected chi connectivity index (χ3v) is 6.52. The van der Waals surface area contributed by atoms with Gasteiger partial charge in [0.05, 0.1) is 15.8 Å². The van der Waals surface area contributed by atoms with E-state index in [-0.39, 0.29) is 0 Å². The molecule has 1 aromatic heterocycles. The number of hydrogen-bond acceptors (Lipinski definition) is 4. The zero-order valence-electron chi connectivity index (χ0n) is 13.7. The minimum atomic E-state index is -3.36. The van der Waals surface area contributed by atoms with Crippen molar-refractivity contribution in [3.63, 3.8) is 0 Å². The quantitative estimate of drug-likeness (QED) is 0.852. The van der Waals surface area contributed by atoms with E-state index in [1.54, 1.807) is 12.1 Å². The molecule has 1 aromatic carbocycles. The molecule has 0 N–H and O–H groups in total. The molecule has 4 nitrogen and oxygen atoms in total. The molecule has 0 saturated carbocycles. The SMILES string of the molecule is Cc1ccc(S(=O)(=O)C2C=C(c3c(C)noc3C)CCC2)cc1. The summed E-state index contributed by atoms with van der Waals surface area (Å²) in [7, 11) is -3.36. The largest absolute Gasteiger partial charge is 0.361 e. The monoisotopic (exact) mass is 331 g/mol. The summed E-state index contributed by atoms with van der Waals surface area (Å²) in [6.45, 7) is 5.71. The van der Waals surface area contributed by atoms with Crippen LogP contribution in [0.15, 0.2) is 39.8 Å². The predicted molar refractivity (Wildman–Crippen MR) is 90.0 cm³/mol. The van der Waals surface area contributed by atoms with Crippen molar-refractivity contribution >= 4 is 15.4 Å². The predicted octanol–water partition coefficient (Wildman–Crippen LogP) is 4.01. The van der Waals surface area contributed by atoms with Gasteiger partial charge >= 0.3 is 0 Å². The van der Waals surface area contributed by atoms with Crippen molar-refractivity contribution in [1.29, 1.82) is 0 Å². The molecule has 0 spiro atoms. The van der Waals surface area contributed by atoms with Crippen LogP contribution in [0.2, 0.25) is 0 Å². The van der Waals surface area contributed by atoms with Crippen molar-refractivity contribution in [3.8, 4) is 0 Å². The normalized spacial score (nSPS) is 18.7. The van der Waals surface area contributed by atoms with Crippen LogP contribution in [-0.2, 0) is 9.84 Å². The molecule has 1 unspecified atom stereocenters. The van der Waals surface area contributed by atoms with Gasteiger partial charge in [-0.15, -0.1) is 0 Å². The van der Waals surface area contributed by atoms with Gasteiger partial charge in [0.2, 0.25) is 0 Å². The molecule has 1 heterocycles. The molecule has 1 atom stereocenters. The van der Waals surface area contributed by atoms with Crippen LogP contribution in [0.25, 0.3) is 5.57 Å². The number of aromatic nitrogens is 1. The Balaban J connectivity index is 2.00. The van der Waals surface area contributed by atoms with Crippen LogP contribution in [0.3, 0.4) is 0 Å². The molecule has 0 amide bonds. The topological polar surface area (TPSA) is 60.2 Å². The van der Waals surface area contributed by atoms with Crippen LogP contribution in [0.4, 0.5) is 0 Å². The Bertz CT molecular complexity index is 825. The van der Waals surface area contributed by atoms with Gasteiger partial charge in [0.1, 0.15) is 5.76 Å². The van der Waals surface area contributed by atoms with Crippen molar-refractivity contribution < 1.29 is 12.9 Å². The maximum atomic E-state index is 12.9. The smallest absolute Gasteiger partial charge is 0.184 e. The van der Waals surface area contributed by atoms with Gasteiger partial charge in [-0.25, -0.2) is 8.42 Å². The van der Waals surface area contributed by atoms with Crippen molar-refractivity contribution in [1.82, 2.24) is 5.16 Å². The molecule has 23 heavy (non-hydrogen) atoms. The number of rotatable bonds is 3. The van der Waals surface area contributed by atoms with Gasteiger partial charge < -0.3 is 4.52 Å². The van der Waals surface area contributed by atoms with Crippen LogP contribution in [0.5, 0.6) is 0 Å². The number of allylic oxidation sites excluding steroid dienone is 1. The first-order valence-corrected chi connectivity index (χ1v) is 9.38. The minimum absolute atomic E-state index is 0.393. The van der Waals surface area contributed by atoms with E-state index < -0.39 is 15.1 Å². The summed E-state index contributed by atoms with van der Waals surface area (Å²) >= 11 is 0. The Morgan fingerprint density at radius 3 is 2.43 bits per heavy atom. The fourth-order valence-corrected chi connectivity index (χ4v) is 4.87. The molecule has 1 aliphatic rings. The highest BCUT2D eigenvalue weighted by molar-refractivity contribution is 7.92. The molecule has 0 radical (unpaired) electrons. The summed E-state index contributed by atoms with van der Waals surface area (Å²) in [6.07, 6.45) is 4.27. The lowest BCUT2D eigenvalue weighted by Gasteiger charge is -2.21. The standard InChI is InChI=1S/C18H21NO3S/c1-12-7-9-16(10-8-12)23(20,21)17-6-4-5-15(11-17)18-13(2)19-22-14(18)3/h7-11,17H,4-6H2,1-3H3. The summed E-state index contributed by atoms with van der Waals surface area (Å²) in [4.78, 5) is 0.393. The van der Waals surface area contributed by atoms with E-state index >= 15 is 0 Å². The molecule has 0 fully saturated rings. The Morgan fingerprint density at radius 1 is 1.13 bits per heavy atom. The lowest BCUT2D eigenvalue weighted by Crippen LogP contribution is -2.22. The molecule has 0 aliphatic heterocycles. The van der Waals surface area contributed by atoms with Gasteiger partial charge in [0.15, 0.2) is 9.84 Å². The summed E-state index contributed by atoms with van der Waals surface area (Å²) < 4.78 is 31.0. The molecule has 0 saturated heterocycles. The number of sulfone groups is 1.